The highest BCUT2D eigenvalue weighted by molar-refractivity contribution is 5.76. The van der Waals surface area contributed by atoms with Crippen molar-refractivity contribution in [2.75, 3.05) is 6.61 Å². The van der Waals surface area contributed by atoms with Gasteiger partial charge in [0.2, 0.25) is 5.91 Å². The largest absolute Gasteiger partial charge is 0.394 e. The summed E-state index contributed by atoms with van der Waals surface area (Å²) in [7, 11) is 0. The van der Waals surface area contributed by atoms with Gasteiger partial charge in [-0.25, -0.2) is 0 Å². The van der Waals surface area contributed by atoms with Crippen molar-refractivity contribution in [3.8, 4) is 0 Å². The molecular formula is C41H79NO4. The molecule has 0 aromatic rings. The van der Waals surface area contributed by atoms with E-state index in [0.717, 1.165) is 32.1 Å². The molecule has 3 unspecified atom stereocenters. The predicted molar refractivity (Wildman–Crippen MR) is 199 cm³/mol. The fourth-order valence-electron chi connectivity index (χ4n) is 6.12. The number of carbonyl (C=O) groups is 1. The van der Waals surface area contributed by atoms with Crippen LogP contribution < -0.4 is 5.32 Å². The van der Waals surface area contributed by atoms with Gasteiger partial charge in [0.1, 0.15) is 0 Å². The Morgan fingerprint density at radius 2 is 0.935 bits per heavy atom. The van der Waals surface area contributed by atoms with E-state index in [9.17, 15) is 20.1 Å². The molecule has 0 bridgehead atoms. The van der Waals surface area contributed by atoms with Gasteiger partial charge < -0.3 is 20.6 Å². The summed E-state index contributed by atoms with van der Waals surface area (Å²) in [6, 6.07) is -0.756. The van der Waals surface area contributed by atoms with Crippen molar-refractivity contribution < 1.29 is 20.1 Å². The normalized spacial score (nSPS) is 13.9. The minimum Gasteiger partial charge on any atom is -0.394 e. The molecule has 0 aromatic carbocycles. The van der Waals surface area contributed by atoms with Crippen molar-refractivity contribution in [1.82, 2.24) is 5.32 Å². The molecule has 5 heteroatoms. The summed E-state index contributed by atoms with van der Waals surface area (Å²) in [6.07, 6.45) is 43.1. The van der Waals surface area contributed by atoms with Crippen LogP contribution in [0.15, 0.2) is 24.3 Å². The number of nitrogens with one attached hydrogen (secondary N) is 1. The molecule has 0 saturated carbocycles. The zero-order valence-electron chi connectivity index (χ0n) is 30.7. The standard InChI is InChI=1S/C41H79NO4/c1-3-5-7-9-11-13-15-17-19-20-21-23-25-27-29-31-33-35-40(45)39(37-43)42-41(46)36-38(44)34-32-30-28-26-24-22-18-16-14-12-10-8-6-4-2/h25,27,33,35,38-40,43-45H,3-24,26,28-32,34,36-37H2,1-2H3,(H,42,46)/b27-25+,35-33+. The van der Waals surface area contributed by atoms with E-state index in [0.29, 0.717) is 6.42 Å². The van der Waals surface area contributed by atoms with Crippen molar-refractivity contribution in [3.05, 3.63) is 24.3 Å². The molecule has 0 heterocycles. The second-order valence-electron chi connectivity index (χ2n) is 13.9. The van der Waals surface area contributed by atoms with Crippen LogP contribution in [0, 0.1) is 0 Å². The summed E-state index contributed by atoms with van der Waals surface area (Å²) in [4.78, 5) is 12.4. The average Bonchev–Trinajstić information content (AvgIpc) is 3.05. The first kappa shape index (κ1) is 44.8. The molecule has 3 atom stereocenters. The van der Waals surface area contributed by atoms with Crippen molar-refractivity contribution in [3.63, 3.8) is 0 Å². The van der Waals surface area contributed by atoms with Gasteiger partial charge in [-0.15, -0.1) is 0 Å². The van der Waals surface area contributed by atoms with Gasteiger partial charge in [0.15, 0.2) is 0 Å². The van der Waals surface area contributed by atoms with Crippen LogP contribution in [0.3, 0.4) is 0 Å². The van der Waals surface area contributed by atoms with E-state index in [-0.39, 0.29) is 18.9 Å². The van der Waals surface area contributed by atoms with E-state index in [1.165, 1.54) is 148 Å². The lowest BCUT2D eigenvalue weighted by Crippen LogP contribution is -2.45. The molecule has 0 aromatic heterocycles. The smallest absolute Gasteiger partial charge is 0.222 e. The second-order valence-corrected chi connectivity index (χ2v) is 13.9. The fourth-order valence-corrected chi connectivity index (χ4v) is 6.12. The zero-order valence-corrected chi connectivity index (χ0v) is 30.7. The number of aliphatic hydroxyl groups is 3. The van der Waals surface area contributed by atoms with Gasteiger partial charge in [-0.3, -0.25) is 4.79 Å². The quantitative estimate of drug-likeness (QED) is 0.0401. The Labute approximate surface area is 286 Å². The molecule has 0 aliphatic carbocycles. The summed E-state index contributed by atoms with van der Waals surface area (Å²) in [5.41, 5.74) is 0. The Kier molecular flexibility index (Phi) is 35.7. The van der Waals surface area contributed by atoms with Crippen LogP contribution >= 0.6 is 0 Å². The summed E-state index contributed by atoms with van der Waals surface area (Å²) >= 11 is 0. The molecule has 5 nitrogen and oxygen atoms in total. The van der Waals surface area contributed by atoms with Crippen LogP contribution in [-0.4, -0.2) is 46.1 Å². The Hall–Kier alpha value is -1.17. The van der Waals surface area contributed by atoms with E-state index >= 15 is 0 Å². The van der Waals surface area contributed by atoms with Crippen molar-refractivity contribution >= 4 is 5.91 Å². The van der Waals surface area contributed by atoms with Crippen LogP contribution in [0.5, 0.6) is 0 Å². The first-order valence-electron chi connectivity index (χ1n) is 20.1. The third-order valence-corrected chi connectivity index (χ3v) is 9.24. The number of allylic oxidation sites excluding steroid dienone is 3. The average molecular weight is 650 g/mol. The molecule has 46 heavy (non-hydrogen) atoms. The highest BCUT2D eigenvalue weighted by Gasteiger charge is 2.20. The summed E-state index contributed by atoms with van der Waals surface area (Å²) < 4.78 is 0. The summed E-state index contributed by atoms with van der Waals surface area (Å²) in [5.74, 6) is -0.324. The first-order chi connectivity index (χ1) is 22.5. The zero-order chi connectivity index (χ0) is 33.8. The lowest BCUT2D eigenvalue weighted by atomic mass is 10.0. The molecule has 0 aliphatic rings. The third kappa shape index (κ3) is 32.8. The monoisotopic (exact) mass is 650 g/mol. The molecule has 0 fully saturated rings. The SMILES string of the molecule is CCCCCCCCCCCCC/C=C/CC/C=C/C(O)C(CO)NC(=O)CC(O)CCCCCCCCCCCCCCCC. The van der Waals surface area contributed by atoms with Crippen LogP contribution in [0.2, 0.25) is 0 Å². The van der Waals surface area contributed by atoms with Crippen molar-refractivity contribution in [1.29, 1.82) is 0 Å². The van der Waals surface area contributed by atoms with Gasteiger partial charge in [-0.2, -0.15) is 0 Å². The number of carbonyl (C=O) groups excluding carboxylic acids is 1. The number of hydrogen-bond donors (Lipinski definition) is 4. The molecule has 0 rings (SSSR count). The molecule has 4 N–H and O–H groups in total. The number of hydrogen-bond acceptors (Lipinski definition) is 4. The lowest BCUT2D eigenvalue weighted by Gasteiger charge is -2.21. The number of amides is 1. The van der Waals surface area contributed by atoms with Gasteiger partial charge in [-0.1, -0.05) is 192 Å². The van der Waals surface area contributed by atoms with Gasteiger partial charge in [0, 0.05) is 0 Å². The van der Waals surface area contributed by atoms with E-state index < -0.39 is 18.2 Å². The minimum absolute atomic E-state index is 0.00922. The molecule has 0 spiro atoms. The van der Waals surface area contributed by atoms with E-state index in [4.69, 9.17) is 0 Å². The van der Waals surface area contributed by atoms with Crippen molar-refractivity contribution in [2.24, 2.45) is 0 Å². The molecule has 0 radical (unpaired) electrons. The fraction of sp³-hybridized carbons (Fsp3) is 0.878. The Bertz CT molecular complexity index is 679. The molecule has 1 amide bonds. The maximum atomic E-state index is 12.4. The van der Waals surface area contributed by atoms with Crippen molar-refractivity contribution in [2.45, 2.75) is 225 Å². The van der Waals surface area contributed by atoms with E-state index in [1.807, 2.05) is 6.08 Å². The maximum absolute atomic E-state index is 12.4. The Morgan fingerprint density at radius 1 is 0.543 bits per heavy atom. The van der Waals surface area contributed by atoms with Gasteiger partial charge in [0.05, 0.1) is 31.3 Å². The van der Waals surface area contributed by atoms with Gasteiger partial charge in [-0.05, 0) is 32.1 Å². The van der Waals surface area contributed by atoms with Crippen LogP contribution in [0.4, 0.5) is 0 Å². The molecule has 0 aliphatic heterocycles. The topological polar surface area (TPSA) is 89.8 Å². The molecule has 272 valence electrons. The van der Waals surface area contributed by atoms with Gasteiger partial charge >= 0.3 is 0 Å². The summed E-state index contributed by atoms with van der Waals surface area (Å²) in [6.45, 7) is 4.20. The molecule has 0 saturated heterocycles. The highest BCUT2D eigenvalue weighted by Crippen LogP contribution is 2.15. The van der Waals surface area contributed by atoms with Crippen LogP contribution in [0.25, 0.3) is 0 Å². The maximum Gasteiger partial charge on any atom is 0.222 e. The second kappa shape index (κ2) is 36.7. The molecular weight excluding hydrogens is 570 g/mol. The Balaban J connectivity index is 3.74. The van der Waals surface area contributed by atoms with E-state index in [1.54, 1.807) is 6.08 Å². The third-order valence-electron chi connectivity index (χ3n) is 9.24. The first-order valence-corrected chi connectivity index (χ1v) is 20.1. The lowest BCUT2D eigenvalue weighted by molar-refractivity contribution is -0.124. The highest BCUT2D eigenvalue weighted by atomic mass is 16.3. The van der Waals surface area contributed by atoms with Crippen LogP contribution in [-0.2, 0) is 4.79 Å². The van der Waals surface area contributed by atoms with Gasteiger partial charge in [0.25, 0.3) is 0 Å². The Morgan fingerprint density at radius 3 is 1.39 bits per heavy atom. The van der Waals surface area contributed by atoms with E-state index in [2.05, 4.69) is 31.3 Å². The predicted octanol–water partition coefficient (Wildman–Crippen LogP) is 11.0. The summed E-state index contributed by atoms with van der Waals surface area (Å²) in [5, 5.41) is 33.1. The number of unbranched alkanes of at least 4 members (excludes halogenated alkanes) is 25. The van der Waals surface area contributed by atoms with Crippen LogP contribution in [0.1, 0.15) is 206 Å². The number of aliphatic hydroxyl groups excluding tert-OH is 3. The minimum atomic E-state index is -0.947. The number of rotatable bonds is 36.